The van der Waals surface area contributed by atoms with Crippen molar-refractivity contribution in [3.05, 3.63) is 45.9 Å². The van der Waals surface area contributed by atoms with Gasteiger partial charge < -0.3 is 4.74 Å². The number of rotatable bonds is 3. The average Bonchev–Trinajstić information content (AvgIpc) is 3.02. The first kappa shape index (κ1) is 21.6. The predicted octanol–water partition coefficient (Wildman–Crippen LogP) is 4.56. The number of hydrogen-bond acceptors (Lipinski definition) is 7. The van der Waals surface area contributed by atoms with Gasteiger partial charge in [-0.3, -0.25) is 0 Å². The van der Waals surface area contributed by atoms with E-state index in [1.165, 1.54) is 0 Å². The van der Waals surface area contributed by atoms with Gasteiger partial charge in [0, 0.05) is 43.4 Å². The van der Waals surface area contributed by atoms with Crippen molar-refractivity contribution in [1.82, 2.24) is 19.9 Å². The molecule has 2 atom stereocenters. The lowest BCUT2D eigenvalue weighted by molar-refractivity contribution is -0.0934. The number of fused-ring (bicyclic) bond motifs is 1. The zero-order chi connectivity index (χ0) is 23.2. The van der Waals surface area contributed by atoms with Crippen LogP contribution in [0.15, 0.2) is 33.2 Å². The molecule has 10 heteroatoms. The van der Waals surface area contributed by atoms with Gasteiger partial charge in [0.2, 0.25) is 0 Å². The summed E-state index contributed by atoms with van der Waals surface area (Å²) < 4.78 is 45.1. The normalized spacial score (nSPS) is 23.0. The standard InChI is InChI=1S/C23H21F3N6O/c1-12-13(2)30-22-20(29-12)19(16-9-17(10-16)23(24,25)26)31-21(32-22)15-5-8-33-18(11-15)14-3-6-27-28-7-4-14/h3,6-7,15,18H,4-5,8-9,11H2,1-2H3/t15-,18+/m0/s1. The highest BCUT2D eigenvalue weighted by atomic mass is 19.4. The number of alkyl halides is 3. The predicted molar refractivity (Wildman–Crippen MR) is 117 cm³/mol. The zero-order valence-corrected chi connectivity index (χ0v) is 18.1. The van der Waals surface area contributed by atoms with Crippen LogP contribution in [0.25, 0.3) is 16.7 Å². The van der Waals surface area contributed by atoms with Crippen LogP contribution in [-0.2, 0) is 4.74 Å². The summed E-state index contributed by atoms with van der Waals surface area (Å²) in [6.45, 7) is 4.17. The molecule has 0 aromatic carbocycles. The van der Waals surface area contributed by atoms with E-state index in [1.807, 2.05) is 19.9 Å². The van der Waals surface area contributed by atoms with Gasteiger partial charge in [0.1, 0.15) is 17.0 Å². The van der Waals surface area contributed by atoms with E-state index in [4.69, 9.17) is 9.72 Å². The Kier molecular flexibility index (Phi) is 5.42. The maximum absolute atomic E-state index is 13.0. The average molecular weight is 454 g/mol. The van der Waals surface area contributed by atoms with E-state index < -0.39 is 11.7 Å². The van der Waals surface area contributed by atoms with Crippen molar-refractivity contribution in [3.8, 4) is 0 Å². The Hall–Kier alpha value is -3.23. The molecule has 4 heterocycles. The maximum Gasteiger partial charge on any atom is 0.420 e. The van der Waals surface area contributed by atoms with Crippen molar-refractivity contribution in [3.63, 3.8) is 0 Å². The number of aromatic nitrogens is 4. The van der Waals surface area contributed by atoms with Crippen LogP contribution < -0.4 is 0 Å². The Morgan fingerprint density at radius 3 is 2.64 bits per heavy atom. The quantitative estimate of drug-likeness (QED) is 0.635. The smallest absolute Gasteiger partial charge is 0.374 e. The molecule has 0 saturated carbocycles. The lowest BCUT2D eigenvalue weighted by atomic mass is 9.89. The van der Waals surface area contributed by atoms with Crippen molar-refractivity contribution in [1.29, 1.82) is 0 Å². The van der Waals surface area contributed by atoms with Crippen LogP contribution in [0.5, 0.6) is 0 Å². The topological polar surface area (TPSA) is 85.5 Å². The van der Waals surface area contributed by atoms with Crippen LogP contribution >= 0.6 is 0 Å². The van der Waals surface area contributed by atoms with Gasteiger partial charge in [0.05, 0.1) is 23.1 Å². The summed E-state index contributed by atoms with van der Waals surface area (Å²) in [4.78, 5) is 18.5. The van der Waals surface area contributed by atoms with E-state index in [0.717, 1.165) is 11.3 Å². The summed E-state index contributed by atoms with van der Waals surface area (Å²) in [7, 11) is 0. The van der Waals surface area contributed by atoms with Gasteiger partial charge in [0.25, 0.3) is 0 Å². The molecule has 1 saturated heterocycles. The molecule has 0 N–H and O–H groups in total. The molecule has 0 bridgehead atoms. The number of hydrogen-bond donors (Lipinski definition) is 0. The van der Waals surface area contributed by atoms with Crippen LogP contribution in [0.1, 0.15) is 54.5 Å². The Balaban J connectivity index is 1.56. The number of aryl methyl sites for hydroxylation is 2. The van der Waals surface area contributed by atoms with E-state index in [2.05, 4.69) is 30.9 Å². The highest BCUT2D eigenvalue weighted by Crippen LogP contribution is 2.41. The third-order valence-electron chi connectivity index (χ3n) is 6.14. The Bertz CT molecular complexity index is 1290. The first-order valence-electron chi connectivity index (χ1n) is 10.7. The molecule has 0 amide bonds. The van der Waals surface area contributed by atoms with Gasteiger partial charge in [0.15, 0.2) is 5.65 Å². The molecule has 7 nitrogen and oxygen atoms in total. The molecule has 1 aliphatic carbocycles. The lowest BCUT2D eigenvalue weighted by Gasteiger charge is -2.30. The van der Waals surface area contributed by atoms with Gasteiger partial charge in [-0.05, 0) is 38.3 Å². The van der Waals surface area contributed by atoms with E-state index >= 15 is 0 Å². The molecule has 2 aromatic heterocycles. The van der Waals surface area contributed by atoms with Crippen molar-refractivity contribution in [2.75, 3.05) is 6.61 Å². The SMILES string of the molecule is Cc1nc2nc([C@H]3CCO[C@@H](C4=CC=NN=CC4)C3)nc(C3=C=C(C(F)(F)F)C3)c2nc1C. The molecule has 2 aromatic rings. The third kappa shape index (κ3) is 4.24. The van der Waals surface area contributed by atoms with Crippen molar-refractivity contribution < 1.29 is 17.9 Å². The highest BCUT2D eigenvalue weighted by Gasteiger charge is 2.39. The van der Waals surface area contributed by atoms with Crippen LogP contribution in [-0.4, -0.2) is 51.3 Å². The van der Waals surface area contributed by atoms with Gasteiger partial charge in [-0.2, -0.15) is 23.4 Å². The van der Waals surface area contributed by atoms with Gasteiger partial charge in [-0.15, -0.1) is 5.73 Å². The van der Waals surface area contributed by atoms with Crippen LogP contribution in [0, 0.1) is 13.8 Å². The summed E-state index contributed by atoms with van der Waals surface area (Å²) in [6.07, 6.45) is 2.53. The molecule has 33 heavy (non-hydrogen) atoms. The van der Waals surface area contributed by atoms with Crippen molar-refractivity contribution >= 4 is 29.2 Å². The molecule has 2 aliphatic heterocycles. The fourth-order valence-electron chi connectivity index (χ4n) is 4.13. The van der Waals surface area contributed by atoms with Gasteiger partial charge in [-0.1, -0.05) is 0 Å². The molecule has 0 radical (unpaired) electrons. The Morgan fingerprint density at radius 2 is 1.85 bits per heavy atom. The fraction of sp³-hybridized carbons (Fsp3) is 0.435. The van der Waals surface area contributed by atoms with Crippen LogP contribution in [0.4, 0.5) is 13.2 Å². The van der Waals surface area contributed by atoms with E-state index in [1.54, 1.807) is 12.4 Å². The second-order valence-electron chi connectivity index (χ2n) is 8.34. The Morgan fingerprint density at radius 1 is 1.06 bits per heavy atom. The first-order chi connectivity index (χ1) is 15.8. The van der Waals surface area contributed by atoms with Gasteiger partial charge >= 0.3 is 6.18 Å². The van der Waals surface area contributed by atoms with Crippen molar-refractivity contribution in [2.24, 2.45) is 10.2 Å². The summed E-state index contributed by atoms with van der Waals surface area (Å²) in [5, 5.41) is 7.81. The second-order valence-corrected chi connectivity index (χ2v) is 8.34. The first-order valence-corrected chi connectivity index (χ1v) is 10.7. The maximum atomic E-state index is 13.0. The molecule has 1 fully saturated rings. The fourth-order valence-corrected chi connectivity index (χ4v) is 4.13. The summed E-state index contributed by atoms with van der Waals surface area (Å²) in [5.41, 5.74) is 5.81. The van der Waals surface area contributed by atoms with E-state index in [9.17, 15) is 13.2 Å². The number of nitrogens with zero attached hydrogens (tertiary/aromatic N) is 6. The van der Waals surface area contributed by atoms with E-state index in [-0.39, 0.29) is 18.4 Å². The minimum Gasteiger partial charge on any atom is -0.374 e. The minimum absolute atomic E-state index is 0.0277. The van der Waals surface area contributed by atoms with Crippen LogP contribution in [0.3, 0.4) is 0 Å². The molecule has 3 aliphatic rings. The van der Waals surface area contributed by atoms with E-state index in [0.29, 0.717) is 59.8 Å². The van der Waals surface area contributed by atoms with Crippen molar-refractivity contribution in [2.45, 2.75) is 57.7 Å². The molecular weight excluding hydrogens is 433 g/mol. The number of allylic oxidation sites excluding steroid dienone is 2. The van der Waals surface area contributed by atoms with Crippen LogP contribution in [0.2, 0.25) is 0 Å². The lowest BCUT2D eigenvalue weighted by Crippen LogP contribution is -2.28. The summed E-state index contributed by atoms with van der Waals surface area (Å²) >= 11 is 0. The second kappa shape index (κ2) is 8.28. The minimum atomic E-state index is -4.39. The summed E-state index contributed by atoms with van der Waals surface area (Å²) in [5.74, 6) is 0.523. The Labute approximate surface area is 187 Å². The molecular formula is C23H21F3N6O. The number of halogens is 3. The zero-order valence-electron chi connectivity index (χ0n) is 18.1. The largest absolute Gasteiger partial charge is 0.420 e. The summed E-state index contributed by atoms with van der Waals surface area (Å²) in [6, 6.07) is 0. The molecule has 0 spiro atoms. The van der Waals surface area contributed by atoms with Gasteiger partial charge in [-0.25, -0.2) is 19.9 Å². The third-order valence-corrected chi connectivity index (χ3v) is 6.14. The molecule has 170 valence electrons. The highest BCUT2D eigenvalue weighted by molar-refractivity contribution is 5.87. The number of ether oxygens (including phenoxy) is 1. The molecule has 0 unspecified atom stereocenters. The molecule has 5 rings (SSSR count). The monoisotopic (exact) mass is 454 g/mol.